The second-order valence-corrected chi connectivity index (χ2v) is 4.74. The Morgan fingerprint density at radius 1 is 1.16 bits per heavy atom. The van der Waals surface area contributed by atoms with E-state index in [-0.39, 0.29) is 5.82 Å². The van der Waals surface area contributed by atoms with Gasteiger partial charge < -0.3 is 10.1 Å². The van der Waals surface area contributed by atoms with Gasteiger partial charge >= 0.3 is 0 Å². The van der Waals surface area contributed by atoms with Crippen LogP contribution in [0, 0.1) is 5.82 Å². The average molecular weight is 257 g/mol. The number of nitrogens with one attached hydrogen (secondary N) is 1. The first-order valence-electron chi connectivity index (χ1n) is 6.51. The largest absolute Gasteiger partial charge is 0.489 e. The van der Waals surface area contributed by atoms with Gasteiger partial charge in [-0.25, -0.2) is 4.39 Å². The lowest BCUT2D eigenvalue weighted by atomic mass is 10.0. The van der Waals surface area contributed by atoms with Gasteiger partial charge in [0.15, 0.2) is 0 Å². The molecular formula is C16H16FNO. The van der Waals surface area contributed by atoms with E-state index < -0.39 is 0 Å². The quantitative estimate of drug-likeness (QED) is 0.912. The van der Waals surface area contributed by atoms with Crippen molar-refractivity contribution in [1.82, 2.24) is 5.32 Å². The van der Waals surface area contributed by atoms with E-state index in [2.05, 4.69) is 5.32 Å². The van der Waals surface area contributed by atoms with E-state index in [1.807, 2.05) is 36.4 Å². The fraction of sp³-hybridized carbons (Fsp3) is 0.250. The molecule has 1 N–H and O–H groups in total. The van der Waals surface area contributed by atoms with E-state index in [1.165, 1.54) is 6.07 Å². The van der Waals surface area contributed by atoms with E-state index in [1.54, 1.807) is 0 Å². The Bertz CT molecular complexity index is 568. The van der Waals surface area contributed by atoms with Gasteiger partial charge in [-0.3, -0.25) is 0 Å². The van der Waals surface area contributed by atoms with Crippen molar-refractivity contribution in [3.63, 3.8) is 0 Å². The van der Waals surface area contributed by atoms with Gasteiger partial charge in [-0.1, -0.05) is 30.3 Å². The molecule has 0 radical (unpaired) electrons. The predicted molar refractivity (Wildman–Crippen MR) is 72.6 cm³/mol. The van der Waals surface area contributed by atoms with Crippen molar-refractivity contribution in [3.05, 3.63) is 65.0 Å². The molecule has 0 bridgehead atoms. The molecule has 2 aromatic carbocycles. The van der Waals surface area contributed by atoms with Crippen LogP contribution >= 0.6 is 0 Å². The van der Waals surface area contributed by atoms with Crippen molar-refractivity contribution in [2.24, 2.45) is 0 Å². The normalized spacial score (nSPS) is 13.9. The van der Waals surface area contributed by atoms with E-state index in [9.17, 15) is 4.39 Å². The van der Waals surface area contributed by atoms with Crippen LogP contribution in [0.15, 0.2) is 42.5 Å². The molecular weight excluding hydrogens is 241 g/mol. The van der Waals surface area contributed by atoms with E-state index in [0.717, 1.165) is 29.7 Å². The number of halogens is 1. The van der Waals surface area contributed by atoms with Crippen LogP contribution in [-0.2, 0) is 19.6 Å². The standard InChI is InChI=1S/C16H16FNO/c17-16-9-14(8-13-6-7-18-10-15(13)16)19-11-12-4-2-1-3-5-12/h1-5,8-9,18H,6-7,10-11H2. The van der Waals surface area contributed by atoms with Crippen LogP contribution in [0.4, 0.5) is 4.39 Å². The van der Waals surface area contributed by atoms with Gasteiger partial charge in [-0.05, 0) is 30.2 Å². The second-order valence-electron chi connectivity index (χ2n) is 4.74. The molecule has 3 heteroatoms. The van der Waals surface area contributed by atoms with Gasteiger partial charge in [-0.2, -0.15) is 0 Å². The zero-order valence-electron chi connectivity index (χ0n) is 10.7. The molecule has 0 fully saturated rings. The van der Waals surface area contributed by atoms with Crippen LogP contribution in [0.1, 0.15) is 16.7 Å². The first-order chi connectivity index (χ1) is 9.33. The lowest BCUT2D eigenvalue weighted by Crippen LogP contribution is -2.24. The summed E-state index contributed by atoms with van der Waals surface area (Å²) in [6.45, 7) is 1.98. The zero-order chi connectivity index (χ0) is 13.1. The summed E-state index contributed by atoms with van der Waals surface area (Å²) >= 11 is 0. The SMILES string of the molecule is Fc1cc(OCc2ccccc2)cc2c1CNCC2. The van der Waals surface area contributed by atoms with Crippen LogP contribution in [0.3, 0.4) is 0 Å². The number of ether oxygens (including phenoxy) is 1. The first-order valence-corrected chi connectivity index (χ1v) is 6.51. The van der Waals surface area contributed by atoms with E-state index >= 15 is 0 Å². The van der Waals surface area contributed by atoms with E-state index in [0.29, 0.717) is 18.9 Å². The van der Waals surface area contributed by atoms with Crippen LogP contribution in [-0.4, -0.2) is 6.54 Å². The summed E-state index contributed by atoms with van der Waals surface area (Å²) in [5, 5.41) is 3.18. The van der Waals surface area contributed by atoms with Crippen LogP contribution < -0.4 is 10.1 Å². The fourth-order valence-electron chi connectivity index (χ4n) is 2.35. The van der Waals surface area contributed by atoms with Gasteiger partial charge in [0.05, 0.1) is 0 Å². The predicted octanol–water partition coefficient (Wildman–Crippen LogP) is 3.05. The lowest BCUT2D eigenvalue weighted by molar-refractivity contribution is 0.303. The summed E-state index contributed by atoms with van der Waals surface area (Å²) in [5.41, 5.74) is 2.92. The van der Waals surface area contributed by atoms with Crippen molar-refractivity contribution < 1.29 is 9.13 Å². The van der Waals surface area contributed by atoms with Gasteiger partial charge in [0.25, 0.3) is 0 Å². The first kappa shape index (κ1) is 12.2. The highest BCUT2D eigenvalue weighted by Crippen LogP contribution is 2.24. The fourth-order valence-corrected chi connectivity index (χ4v) is 2.35. The van der Waals surface area contributed by atoms with Crippen molar-refractivity contribution in [3.8, 4) is 5.75 Å². The zero-order valence-corrected chi connectivity index (χ0v) is 10.7. The van der Waals surface area contributed by atoms with Gasteiger partial charge in [0, 0.05) is 18.2 Å². The van der Waals surface area contributed by atoms with E-state index in [4.69, 9.17) is 4.74 Å². The molecule has 98 valence electrons. The van der Waals surface area contributed by atoms with Crippen molar-refractivity contribution >= 4 is 0 Å². The Labute approximate surface area is 112 Å². The Morgan fingerprint density at radius 3 is 2.84 bits per heavy atom. The van der Waals surface area contributed by atoms with Crippen molar-refractivity contribution in [2.75, 3.05) is 6.54 Å². The maximum Gasteiger partial charge on any atom is 0.131 e. The summed E-state index contributed by atoms with van der Waals surface area (Å²) in [5.74, 6) is 0.440. The average Bonchev–Trinajstić information content (AvgIpc) is 2.46. The molecule has 0 atom stereocenters. The summed E-state index contributed by atoms with van der Waals surface area (Å²) in [6.07, 6.45) is 0.856. The number of fused-ring (bicyclic) bond motifs is 1. The second kappa shape index (κ2) is 5.41. The molecule has 0 aliphatic carbocycles. The Hall–Kier alpha value is -1.87. The third kappa shape index (κ3) is 2.76. The Balaban J connectivity index is 1.76. The highest BCUT2D eigenvalue weighted by Gasteiger charge is 2.14. The molecule has 2 aromatic rings. The highest BCUT2D eigenvalue weighted by molar-refractivity contribution is 5.38. The number of hydrogen-bond acceptors (Lipinski definition) is 2. The van der Waals surface area contributed by atoms with Crippen LogP contribution in [0.5, 0.6) is 5.75 Å². The Morgan fingerprint density at radius 2 is 2.00 bits per heavy atom. The molecule has 0 spiro atoms. The molecule has 2 nitrogen and oxygen atoms in total. The smallest absolute Gasteiger partial charge is 0.131 e. The molecule has 0 saturated heterocycles. The number of benzene rings is 2. The number of rotatable bonds is 3. The summed E-state index contributed by atoms with van der Waals surface area (Å²) in [6, 6.07) is 13.3. The Kier molecular flexibility index (Phi) is 3.47. The van der Waals surface area contributed by atoms with Gasteiger partial charge in [-0.15, -0.1) is 0 Å². The summed E-state index contributed by atoms with van der Waals surface area (Å²) in [7, 11) is 0. The molecule has 0 amide bonds. The molecule has 19 heavy (non-hydrogen) atoms. The minimum Gasteiger partial charge on any atom is -0.489 e. The highest BCUT2D eigenvalue weighted by atomic mass is 19.1. The molecule has 0 aromatic heterocycles. The van der Waals surface area contributed by atoms with Crippen LogP contribution in [0.2, 0.25) is 0 Å². The molecule has 0 saturated carbocycles. The molecule has 1 aliphatic rings. The summed E-state index contributed by atoms with van der Waals surface area (Å²) < 4.78 is 19.6. The minimum absolute atomic E-state index is 0.173. The molecule has 1 aliphatic heterocycles. The molecule has 3 rings (SSSR count). The number of hydrogen-bond donors (Lipinski definition) is 1. The minimum atomic E-state index is -0.173. The maximum absolute atomic E-state index is 13.9. The van der Waals surface area contributed by atoms with Crippen LogP contribution in [0.25, 0.3) is 0 Å². The third-order valence-corrected chi connectivity index (χ3v) is 3.38. The maximum atomic E-state index is 13.9. The summed E-state index contributed by atoms with van der Waals surface area (Å²) in [4.78, 5) is 0. The molecule has 1 heterocycles. The topological polar surface area (TPSA) is 21.3 Å². The molecule has 0 unspecified atom stereocenters. The third-order valence-electron chi connectivity index (χ3n) is 3.38. The van der Waals surface area contributed by atoms with Crippen molar-refractivity contribution in [1.29, 1.82) is 0 Å². The monoisotopic (exact) mass is 257 g/mol. The van der Waals surface area contributed by atoms with Gasteiger partial charge in [0.1, 0.15) is 18.2 Å². The van der Waals surface area contributed by atoms with Crippen molar-refractivity contribution in [2.45, 2.75) is 19.6 Å². The lowest BCUT2D eigenvalue weighted by Gasteiger charge is -2.19. The van der Waals surface area contributed by atoms with Gasteiger partial charge in [0.2, 0.25) is 0 Å².